The van der Waals surface area contributed by atoms with Crippen molar-refractivity contribution >= 4 is 40.8 Å². The molecule has 1 N–H and O–H groups in total. The monoisotopic (exact) mass is 600 g/mol. The lowest BCUT2D eigenvalue weighted by Crippen LogP contribution is -2.57. The van der Waals surface area contributed by atoms with E-state index in [0.717, 1.165) is 55.2 Å². The van der Waals surface area contributed by atoms with E-state index in [1.807, 2.05) is 0 Å². The molecule has 2 aliphatic rings. The van der Waals surface area contributed by atoms with Gasteiger partial charge in [-0.3, -0.25) is 9.59 Å². The number of carbonyl (C=O) groups excluding carboxylic acids is 2. The number of benzene rings is 1. The molecule has 218 valence electrons. The Labute approximate surface area is 241 Å². The number of aliphatic hydroxyl groups is 1. The first kappa shape index (κ1) is 30.4. The number of alkyl halides is 3. The summed E-state index contributed by atoms with van der Waals surface area (Å²) in [7, 11) is 3.31. The van der Waals surface area contributed by atoms with Gasteiger partial charge in [-0.05, 0) is 68.2 Å². The van der Waals surface area contributed by atoms with Crippen LogP contribution in [-0.4, -0.2) is 78.2 Å². The predicted molar refractivity (Wildman–Crippen MR) is 148 cm³/mol. The Hall–Kier alpha value is -2.56. The smallest absolute Gasteiger partial charge is 0.368 e. The second-order valence-electron chi connectivity index (χ2n) is 10.8. The van der Waals surface area contributed by atoms with Crippen LogP contribution in [0.1, 0.15) is 48.0 Å². The van der Waals surface area contributed by atoms with Crippen molar-refractivity contribution in [3.05, 3.63) is 57.7 Å². The SMILES string of the molecule is CN(C)C(=O)c1ccc(N2CCC(CC3CCN(C(=O)[C@](O)(c4cccc(Cl)c4)C(F)(F)F)CC3)CC2)nc1Cl. The molecule has 0 saturated carbocycles. The van der Waals surface area contributed by atoms with Gasteiger partial charge in [0.05, 0.1) is 5.56 Å². The number of piperidine rings is 2. The maximum absolute atomic E-state index is 14.0. The van der Waals surface area contributed by atoms with Crippen molar-refractivity contribution in [3.8, 4) is 0 Å². The Balaban J connectivity index is 1.30. The van der Waals surface area contributed by atoms with Gasteiger partial charge in [0, 0.05) is 50.9 Å². The van der Waals surface area contributed by atoms with Gasteiger partial charge in [-0.1, -0.05) is 35.3 Å². The Morgan fingerprint density at radius 3 is 2.12 bits per heavy atom. The van der Waals surface area contributed by atoms with Crippen molar-refractivity contribution in [1.82, 2.24) is 14.8 Å². The van der Waals surface area contributed by atoms with E-state index in [1.165, 1.54) is 17.0 Å². The highest BCUT2D eigenvalue weighted by molar-refractivity contribution is 6.32. The molecule has 12 heteroatoms. The van der Waals surface area contributed by atoms with Gasteiger partial charge in [-0.25, -0.2) is 4.98 Å². The second kappa shape index (κ2) is 12.1. The van der Waals surface area contributed by atoms with Crippen molar-refractivity contribution in [2.45, 2.75) is 43.9 Å². The average Bonchev–Trinajstić information content (AvgIpc) is 2.92. The van der Waals surface area contributed by atoms with Crippen molar-refractivity contribution in [3.63, 3.8) is 0 Å². The molecule has 3 heterocycles. The summed E-state index contributed by atoms with van der Waals surface area (Å²) in [6, 6.07) is 8.22. The summed E-state index contributed by atoms with van der Waals surface area (Å²) in [6.45, 7) is 1.87. The van der Waals surface area contributed by atoms with E-state index in [0.29, 0.717) is 24.3 Å². The van der Waals surface area contributed by atoms with Crippen LogP contribution in [0, 0.1) is 11.8 Å². The summed E-state index contributed by atoms with van der Waals surface area (Å²) >= 11 is 12.1. The summed E-state index contributed by atoms with van der Waals surface area (Å²) in [4.78, 5) is 34.4. The zero-order valence-electron chi connectivity index (χ0n) is 22.4. The lowest BCUT2D eigenvalue weighted by atomic mass is 9.82. The third kappa shape index (κ3) is 6.34. The fourth-order valence-electron chi connectivity index (χ4n) is 5.59. The molecule has 2 fully saturated rings. The van der Waals surface area contributed by atoms with E-state index in [4.69, 9.17) is 23.2 Å². The molecule has 2 saturated heterocycles. The quantitative estimate of drug-likeness (QED) is 0.450. The van der Waals surface area contributed by atoms with Crippen molar-refractivity contribution < 1.29 is 27.9 Å². The number of rotatable bonds is 6. The van der Waals surface area contributed by atoms with E-state index in [-0.39, 0.29) is 35.1 Å². The van der Waals surface area contributed by atoms with Gasteiger partial charge < -0.3 is 19.8 Å². The molecule has 2 amide bonds. The van der Waals surface area contributed by atoms with Gasteiger partial charge in [0.15, 0.2) is 0 Å². The molecule has 40 heavy (non-hydrogen) atoms. The minimum atomic E-state index is -5.19. The molecule has 7 nitrogen and oxygen atoms in total. The van der Waals surface area contributed by atoms with E-state index >= 15 is 0 Å². The summed E-state index contributed by atoms with van der Waals surface area (Å²) in [5.41, 5.74) is -3.87. The van der Waals surface area contributed by atoms with Crippen LogP contribution in [-0.2, 0) is 10.4 Å². The third-order valence-electron chi connectivity index (χ3n) is 7.94. The zero-order chi connectivity index (χ0) is 29.2. The number of pyridine rings is 1. The third-order valence-corrected chi connectivity index (χ3v) is 8.46. The maximum atomic E-state index is 14.0. The lowest BCUT2D eigenvalue weighted by Gasteiger charge is -2.40. The first-order chi connectivity index (χ1) is 18.8. The molecule has 4 rings (SSSR count). The Morgan fingerprint density at radius 1 is 1.00 bits per heavy atom. The number of carbonyl (C=O) groups is 2. The van der Waals surface area contributed by atoms with Crippen LogP contribution in [0.15, 0.2) is 36.4 Å². The largest absolute Gasteiger partial charge is 0.430 e. The molecule has 2 aromatic rings. The van der Waals surface area contributed by atoms with Crippen LogP contribution in [0.4, 0.5) is 19.0 Å². The van der Waals surface area contributed by atoms with Gasteiger partial charge in [0.1, 0.15) is 11.0 Å². The maximum Gasteiger partial charge on any atom is 0.430 e. The minimum Gasteiger partial charge on any atom is -0.368 e. The number of hydrogen-bond donors (Lipinski definition) is 1. The van der Waals surface area contributed by atoms with Gasteiger partial charge in [0.2, 0.25) is 0 Å². The first-order valence-electron chi connectivity index (χ1n) is 13.3. The molecule has 0 radical (unpaired) electrons. The molecule has 0 bridgehead atoms. The number of halogens is 5. The fraction of sp³-hybridized carbons (Fsp3) is 0.536. The number of likely N-dealkylation sites (tertiary alicyclic amines) is 1. The fourth-order valence-corrected chi connectivity index (χ4v) is 6.01. The predicted octanol–water partition coefficient (Wildman–Crippen LogP) is 5.39. The zero-order valence-corrected chi connectivity index (χ0v) is 23.9. The standard InChI is InChI=1S/C28H33Cl2F3N4O3/c1-35(2)25(38)22-6-7-23(34-24(22)30)36-12-8-18(9-13-36)16-19-10-14-37(15-11-19)26(39)27(40,28(31,32)33)20-4-3-5-21(29)17-20/h3-7,17-19,40H,8-16H2,1-2H3/t27-/m1/s1. The number of nitrogens with zero attached hydrogens (tertiary/aromatic N) is 4. The molecule has 1 atom stereocenters. The van der Waals surface area contributed by atoms with Crippen LogP contribution in [0.25, 0.3) is 0 Å². The summed E-state index contributed by atoms with van der Waals surface area (Å²) < 4.78 is 42.0. The highest BCUT2D eigenvalue weighted by Crippen LogP contribution is 2.42. The second-order valence-corrected chi connectivity index (χ2v) is 11.6. The van der Waals surface area contributed by atoms with Crippen molar-refractivity contribution in [2.24, 2.45) is 11.8 Å². The Bertz CT molecular complexity index is 1230. The van der Waals surface area contributed by atoms with E-state index in [1.54, 1.807) is 26.2 Å². The van der Waals surface area contributed by atoms with Crippen LogP contribution in [0.3, 0.4) is 0 Å². The van der Waals surface area contributed by atoms with Crippen molar-refractivity contribution in [2.75, 3.05) is 45.2 Å². The highest BCUT2D eigenvalue weighted by atomic mass is 35.5. The molecule has 2 aliphatic heterocycles. The van der Waals surface area contributed by atoms with Gasteiger partial charge in [0.25, 0.3) is 17.4 Å². The summed E-state index contributed by atoms with van der Waals surface area (Å²) in [5, 5.41) is 10.9. The molecule has 0 unspecified atom stereocenters. The Morgan fingerprint density at radius 2 is 1.60 bits per heavy atom. The van der Waals surface area contributed by atoms with Crippen LogP contribution in [0.2, 0.25) is 10.2 Å². The van der Waals surface area contributed by atoms with Crippen molar-refractivity contribution in [1.29, 1.82) is 0 Å². The summed E-state index contributed by atoms with van der Waals surface area (Å²) in [6.07, 6.45) is -1.25. The number of amides is 2. The van der Waals surface area contributed by atoms with E-state index < -0.39 is 23.2 Å². The minimum absolute atomic E-state index is 0.00746. The number of hydrogen-bond acceptors (Lipinski definition) is 5. The van der Waals surface area contributed by atoms with Crippen LogP contribution < -0.4 is 4.90 Å². The summed E-state index contributed by atoms with van der Waals surface area (Å²) in [5.74, 6) is -0.106. The first-order valence-corrected chi connectivity index (χ1v) is 14.0. The Kier molecular flexibility index (Phi) is 9.21. The number of aromatic nitrogens is 1. The molecular weight excluding hydrogens is 568 g/mol. The molecule has 1 aromatic carbocycles. The molecule has 0 spiro atoms. The van der Waals surface area contributed by atoms with E-state index in [2.05, 4.69) is 9.88 Å². The van der Waals surface area contributed by atoms with E-state index in [9.17, 15) is 27.9 Å². The van der Waals surface area contributed by atoms with Gasteiger partial charge in [-0.15, -0.1) is 0 Å². The van der Waals surface area contributed by atoms with Crippen LogP contribution in [0.5, 0.6) is 0 Å². The average molecular weight is 601 g/mol. The molecular formula is C28H33Cl2F3N4O3. The van der Waals surface area contributed by atoms with Gasteiger partial charge >= 0.3 is 6.18 Å². The number of anilines is 1. The van der Waals surface area contributed by atoms with Gasteiger partial charge in [-0.2, -0.15) is 13.2 Å². The molecule has 1 aromatic heterocycles. The molecule has 0 aliphatic carbocycles. The lowest BCUT2D eigenvalue weighted by molar-refractivity contribution is -0.262. The normalized spacial score (nSPS) is 18.9. The highest BCUT2D eigenvalue weighted by Gasteiger charge is 2.62. The topological polar surface area (TPSA) is 77.0 Å². The van der Waals surface area contributed by atoms with Crippen LogP contribution >= 0.6 is 23.2 Å².